The van der Waals surface area contributed by atoms with Crippen LogP contribution in [0.3, 0.4) is 0 Å². The number of rotatable bonds is 6. The van der Waals surface area contributed by atoms with Crippen LogP contribution in [-0.4, -0.2) is 30.3 Å². The molecule has 1 saturated carbocycles. The summed E-state index contributed by atoms with van der Waals surface area (Å²) in [5.41, 5.74) is 5.95. The molecule has 18 heavy (non-hydrogen) atoms. The molecule has 0 radical (unpaired) electrons. The molecule has 4 atom stereocenters. The summed E-state index contributed by atoms with van der Waals surface area (Å²) in [6.07, 6.45) is 9.96. The van der Waals surface area contributed by atoms with Crippen LogP contribution in [0, 0.1) is 11.8 Å². The van der Waals surface area contributed by atoms with Crippen LogP contribution in [0.4, 0.5) is 0 Å². The molecule has 4 unspecified atom stereocenters. The van der Waals surface area contributed by atoms with Crippen molar-refractivity contribution in [3.05, 3.63) is 0 Å². The molecule has 2 N–H and O–H groups in total. The first-order valence-electron chi connectivity index (χ1n) is 7.76. The van der Waals surface area contributed by atoms with E-state index in [1.165, 1.54) is 50.7 Å². The standard InChI is InChI=1S/C15H29NOS/c1-2-4-12-6-7-13(10-16)15(9-12)18-11-14-5-3-8-17-14/h12-15H,2-11,16H2,1H3. The van der Waals surface area contributed by atoms with E-state index in [0.29, 0.717) is 6.10 Å². The fourth-order valence-electron chi connectivity index (χ4n) is 3.43. The van der Waals surface area contributed by atoms with E-state index in [1.807, 2.05) is 0 Å². The predicted molar refractivity (Wildman–Crippen MR) is 80.0 cm³/mol. The van der Waals surface area contributed by atoms with Crippen molar-refractivity contribution in [2.75, 3.05) is 18.9 Å². The van der Waals surface area contributed by atoms with E-state index < -0.39 is 0 Å². The monoisotopic (exact) mass is 271 g/mol. The van der Waals surface area contributed by atoms with Crippen LogP contribution in [0.1, 0.15) is 51.9 Å². The van der Waals surface area contributed by atoms with Gasteiger partial charge in [-0.05, 0) is 44.1 Å². The Bertz CT molecular complexity index is 231. The van der Waals surface area contributed by atoms with Gasteiger partial charge in [0, 0.05) is 17.6 Å². The molecule has 106 valence electrons. The van der Waals surface area contributed by atoms with Gasteiger partial charge in [-0.15, -0.1) is 0 Å². The van der Waals surface area contributed by atoms with Gasteiger partial charge in [0.2, 0.25) is 0 Å². The van der Waals surface area contributed by atoms with E-state index in [4.69, 9.17) is 10.5 Å². The van der Waals surface area contributed by atoms with E-state index in [-0.39, 0.29) is 0 Å². The first-order chi connectivity index (χ1) is 8.83. The van der Waals surface area contributed by atoms with Crippen LogP contribution in [-0.2, 0) is 4.74 Å². The lowest BCUT2D eigenvalue weighted by molar-refractivity contribution is 0.128. The molecule has 3 heteroatoms. The summed E-state index contributed by atoms with van der Waals surface area (Å²) >= 11 is 2.15. The summed E-state index contributed by atoms with van der Waals surface area (Å²) in [7, 11) is 0. The molecule has 1 saturated heterocycles. The van der Waals surface area contributed by atoms with E-state index in [0.717, 1.165) is 30.2 Å². The first-order valence-corrected chi connectivity index (χ1v) is 8.81. The Hall–Kier alpha value is 0.270. The normalized spacial score (nSPS) is 37.0. The maximum Gasteiger partial charge on any atom is 0.0666 e. The summed E-state index contributed by atoms with van der Waals surface area (Å²) < 4.78 is 5.74. The van der Waals surface area contributed by atoms with Gasteiger partial charge in [0.25, 0.3) is 0 Å². The summed E-state index contributed by atoms with van der Waals surface area (Å²) in [6.45, 7) is 4.17. The molecular formula is C15H29NOS. The lowest BCUT2D eigenvalue weighted by Gasteiger charge is -2.35. The zero-order valence-corrected chi connectivity index (χ0v) is 12.6. The molecule has 2 fully saturated rings. The molecule has 1 aliphatic carbocycles. The van der Waals surface area contributed by atoms with Gasteiger partial charge in [-0.25, -0.2) is 0 Å². The lowest BCUT2D eigenvalue weighted by atomic mass is 9.80. The minimum absolute atomic E-state index is 0.528. The molecule has 1 heterocycles. The number of thioether (sulfide) groups is 1. The maximum atomic E-state index is 5.95. The summed E-state index contributed by atoms with van der Waals surface area (Å²) in [5, 5.41) is 0.796. The van der Waals surface area contributed by atoms with Crippen LogP contribution in [0.25, 0.3) is 0 Å². The number of nitrogens with two attached hydrogens (primary N) is 1. The topological polar surface area (TPSA) is 35.2 Å². The second kappa shape index (κ2) is 7.76. The quantitative estimate of drug-likeness (QED) is 0.803. The highest BCUT2D eigenvalue weighted by Gasteiger charge is 2.30. The smallest absolute Gasteiger partial charge is 0.0666 e. The van der Waals surface area contributed by atoms with E-state index in [2.05, 4.69) is 18.7 Å². The van der Waals surface area contributed by atoms with Gasteiger partial charge in [-0.2, -0.15) is 11.8 Å². The number of hydrogen-bond donors (Lipinski definition) is 1. The van der Waals surface area contributed by atoms with Gasteiger partial charge in [0.1, 0.15) is 0 Å². The van der Waals surface area contributed by atoms with E-state index >= 15 is 0 Å². The van der Waals surface area contributed by atoms with E-state index in [1.54, 1.807) is 0 Å². The highest BCUT2D eigenvalue weighted by Crippen LogP contribution is 2.38. The zero-order chi connectivity index (χ0) is 12.8. The molecule has 0 bridgehead atoms. The Balaban J connectivity index is 1.77. The molecule has 2 nitrogen and oxygen atoms in total. The Labute approximate surface area is 116 Å². The fourth-order valence-corrected chi connectivity index (χ4v) is 5.08. The Morgan fingerprint density at radius 1 is 1.28 bits per heavy atom. The van der Waals surface area contributed by atoms with Crippen LogP contribution in [0.15, 0.2) is 0 Å². The zero-order valence-electron chi connectivity index (χ0n) is 11.8. The Morgan fingerprint density at radius 2 is 2.17 bits per heavy atom. The maximum absolute atomic E-state index is 5.95. The van der Waals surface area contributed by atoms with Gasteiger partial charge in [-0.3, -0.25) is 0 Å². The van der Waals surface area contributed by atoms with Crippen molar-refractivity contribution in [1.82, 2.24) is 0 Å². The molecule has 0 aromatic carbocycles. The molecule has 0 amide bonds. The van der Waals surface area contributed by atoms with Crippen molar-refractivity contribution in [3.8, 4) is 0 Å². The van der Waals surface area contributed by atoms with Gasteiger partial charge >= 0.3 is 0 Å². The third-order valence-corrected chi connectivity index (χ3v) is 6.13. The van der Waals surface area contributed by atoms with Crippen molar-refractivity contribution in [3.63, 3.8) is 0 Å². The Kier molecular flexibility index (Phi) is 6.33. The second-order valence-corrected chi connectivity index (χ2v) is 7.24. The third kappa shape index (κ3) is 4.14. The first kappa shape index (κ1) is 14.7. The third-order valence-electron chi connectivity index (χ3n) is 4.56. The molecule has 0 aromatic heterocycles. The average Bonchev–Trinajstić information content (AvgIpc) is 2.90. The van der Waals surface area contributed by atoms with Gasteiger partial charge in [0.05, 0.1) is 6.10 Å². The molecule has 1 aliphatic heterocycles. The summed E-state index contributed by atoms with van der Waals surface area (Å²) in [4.78, 5) is 0. The summed E-state index contributed by atoms with van der Waals surface area (Å²) in [5.74, 6) is 2.91. The van der Waals surface area contributed by atoms with Crippen LogP contribution in [0.5, 0.6) is 0 Å². The van der Waals surface area contributed by atoms with Crippen molar-refractivity contribution >= 4 is 11.8 Å². The van der Waals surface area contributed by atoms with Gasteiger partial charge < -0.3 is 10.5 Å². The molecular weight excluding hydrogens is 242 g/mol. The van der Waals surface area contributed by atoms with Crippen LogP contribution < -0.4 is 5.73 Å². The highest BCUT2D eigenvalue weighted by molar-refractivity contribution is 7.99. The number of hydrogen-bond acceptors (Lipinski definition) is 3. The fraction of sp³-hybridized carbons (Fsp3) is 1.00. The van der Waals surface area contributed by atoms with Crippen molar-refractivity contribution in [1.29, 1.82) is 0 Å². The van der Waals surface area contributed by atoms with Crippen molar-refractivity contribution in [2.24, 2.45) is 17.6 Å². The SMILES string of the molecule is CCCC1CCC(CN)C(SCC2CCCO2)C1. The summed E-state index contributed by atoms with van der Waals surface area (Å²) in [6, 6.07) is 0. The minimum atomic E-state index is 0.528. The van der Waals surface area contributed by atoms with Crippen molar-refractivity contribution < 1.29 is 4.74 Å². The molecule has 2 aliphatic rings. The average molecular weight is 271 g/mol. The molecule has 0 aromatic rings. The minimum Gasteiger partial charge on any atom is -0.377 e. The van der Waals surface area contributed by atoms with E-state index in [9.17, 15) is 0 Å². The molecule has 2 rings (SSSR count). The van der Waals surface area contributed by atoms with Gasteiger partial charge in [0.15, 0.2) is 0 Å². The van der Waals surface area contributed by atoms with Crippen molar-refractivity contribution in [2.45, 2.75) is 63.2 Å². The number of ether oxygens (including phenoxy) is 1. The second-order valence-electron chi connectivity index (χ2n) is 5.97. The van der Waals surface area contributed by atoms with Gasteiger partial charge in [-0.1, -0.05) is 26.2 Å². The highest BCUT2D eigenvalue weighted by atomic mass is 32.2. The van der Waals surface area contributed by atoms with Crippen LogP contribution >= 0.6 is 11.8 Å². The van der Waals surface area contributed by atoms with Crippen LogP contribution in [0.2, 0.25) is 0 Å². The lowest BCUT2D eigenvalue weighted by Crippen LogP contribution is -2.33. The largest absolute Gasteiger partial charge is 0.377 e. The Morgan fingerprint density at radius 3 is 2.83 bits per heavy atom. The predicted octanol–water partition coefficient (Wildman–Crippen LogP) is 3.44. The molecule has 0 spiro atoms.